The minimum Gasteiger partial charge on any atom is -0.479 e. The second-order valence-corrected chi connectivity index (χ2v) is 4.73. The molecule has 1 saturated heterocycles. The van der Waals surface area contributed by atoms with Gasteiger partial charge >= 0.3 is 5.97 Å². The average Bonchev–Trinajstić information content (AvgIpc) is 2.90. The van der Waals surface area contributed by atoms with E-state index in [1.807, 2.05) is 0 Å². The first kappa shape index (κ1) is 13.9. The highest BCUT2D eigenvalue weighted by atomic mass is 32.1. The number of morpholine rings is 1. The summed E-state index contributed by atoms with van der Waals surface area (Å²) in [6.45, 7) is 0.407. The number of thiazole rings is 1. The zero-order valence-electron chi connectivity index (χ0n) is 10.3. The van der Waals surface area contributed by atoms with Gasteiger partial charge in [-0.25, -0.2) is 9.78 Å². The fourth-order valence-electron chi connectivity index (χ4n) is 2.00. The third-order valence-corrected chi connectivity index (χ3v) is 3.47. The van der Waals surface area contributed by atoms with Crippen LogP contribution in [0.2, 0.25) is 0 Å². The van der Waals surface area contributed by atoms with Crippen molar-refractivity contribution in [2.24, 2.45) is 0 Å². The van der Waals surface area contributed by atoms with Crippen molar-refractivity contribution in [1.82, 2.24) is 9.88 Å². The van der Waals surface area contributed by atoms with E-state index in [0.29, 0.717) is 18.8 Å². The van der Waals surface area contributed by atoms with Crippen molar-refractivity contribution in [1.29, 1.82) is 0 Å². The Morgan fingerprint density at radius 3 is 3.11 bits per heavy atom. The lowest BCUT2D eigenvalue weighted by molar-refractivity contribution is -0.174. The molecule has 2 heterocycles. The Bertz CT molecular complexity index is 450. The molecule has 7 nitrogen and oxygen atoms in total. The van der Waals surface area contributed by atoms with Crippen LogP contribution in [0.4, 0.5) is 0 Å². The number of methoxy groups -OCH3 is 1. The molecule has 2 unspecified atom stereocenters. The standard InChI is InChI=1S/C11H14N2O5S/c1-17-3-2-13-8(14)4-18-10(11(15)16)9(13)7-5-19-6-12-7/h5-6,9-10H,2-4H2,1H3,(H,15,16). The molecule has 19 heavy (non-hydrogen) atoms. The van der Waals surface area contributed by atoms with Crippen LogP contribution >= 0.6 is 11.3 Å². The van der Waals surface area contributed by atoms with Gasteiger partial charge in [-0.15, -0.1) is 11.3 Å². The van der Waals surface area contributed by atoms with Crippen molar-refractivity contribution < 1.29 is 24.2 Å². The molecule has 0 bridgehead atoms. The second kappa shape index (κ2) is 6.09. The molecule has 1 aromatic heterocycles. The Labute approximate surface area is 113 Å². The largest absolute Gasteiger partial charge is 0.479 e. The SMILES string of the molecule is COCCN1C(=O)COC(C(=O)O)C1c1cscn1. The number of amides is 1. The van der Waals surface area contributed by atoms with Crippen molar-refractivity contribution in [3.63, 3.8) is 0 Å². The van der Waals surface area contributed by atoms with E-state index in [1.54, 1.807) is 10.9 Å². The number of nitrogens with zero attached hydrogens (tertiary/aromatic N) is 2. The monoisotopic (exact) mass is 286 g/mol. The summed E-state index contributed by atoms with van der Waals surface area (Å²) in [6.07, 6.45) is -1.10. The smallest absolute Gasteiger partial charge is 0.335 e. The number of rotatable bonds is 5. The fourth-order valence-corrected chi connectivity index (χ4v) is 2.58. The summed E-state index contributed by atoms with van der Waals surface area (Å²) in [6, 6.07) is -0.708. The summed E-state index contributed by atoms with van der Waals surface area (Å²) in [7, 11) is 1.53. The molecule has 1 aliphatic heterocycles. The molecule has 1 N–H and O–H groups in total. The van der Waals surface area contributed by atoms with Crippen LogP contribution in [0.15, 0.2) is 10.9 Å². The Morgan fingerprint density at radius 1 is 1.74 bits per heavy atom. The molecule has 1 aromatic rings. The highest BCUT2D eigenvalue weighted by Gasteiger charge is 2.42. The maximum atomic E-state index is 11.9. The average molecular weight is 286 g/mol. The molecule has 0 spiro atoms. The molecule has 1 aliphatic rings. The van der Waals surface area contributed by atoms with E-state index >= 15 is 0 Å². The second-order valence-electron chi connectivity index (χ2n) is 4.01. The van der Waals surface area contributed by atoms with E-state index in [-0.39, 0.29) is 12.5 Å². The predicted molar refractivity (Wildman–Crippen MR) is 65.8 cm³/mol. The van der Waals surface area contributed by atoms with Crippen LogP contribution in [-0.4, -0.2) is 59.8 Å². The number of aliphatic carboxylic acids is 1. The third-order valence-electron chi connectivity index (χ3n) is 2.86. The van der Waals surface area contributed by atoms with Gasteiger partial charge in [0, 0.05) is 19.0 Å². The van der Waals surface area contributed by atoms with Gasteiger partial charge in [-0.1, -0.05) is 0 Å². The fraction of sp³-hybridized carbons (Fsp3) is 0.545. The molecular weight excluding hydrogens is 272 g/mol. The Kier molecular flexibility index (Phi) is 4.46. The molecule has 0 saturated carbocycles. The first-order valence-electron chi connectivity index (χ1n) is 5.66. The third kappa shape index (κ3) is 2.91. The summed E-state index contributed by atoms with van der Waals surface area (Å²) in [5, 5.41) is 10.9. The maximum absolute atomic E-state index is 11.9. The van der Waals surface area contributed by atoms with E-state index in [9.17, 15) is 14.7 Å². The lowest BCUT2D eigenvalue weighted by Crippen LogP contribution is -2.52. The number of aromatic nitrogens is 1. The summed E-state index contributed by atoms with van der Waals surface area (Å²) in [5.74, 6) is -1.36. The van der Waals surface area contributed by atoms with Crippen LogP contribution in [-0.2, 0) is 19.1 Å². The van der Waals surface area contributed by atoms with E-state index in [4.69, 9.17) is 9.47 Å². The number of carboxylic acids is 1. The molecule has 8 heteroatoms. The predicted octanol–water partition coefficient (Wildman–Crippen LogP) is 0.143. The van der Waals surface area contributed by atoms with Crippen molar-refractivity contribution in [2.75, 3.05) is 26.9 Å². The molecule has 0 aliphatic carbocycles. The van der Waals surface area contributed by atoms with Gasteiger partial charge in [-0.2, -0.15) is 0 Å². The van der Waals surface area contributed by atoms with E-state index in [0.717, 1.165) is 0 Å². The van der Waals surface area contributed by atoms with Gasteiger partial charge < -0.3 is 19.5 Å². The van der Waals surface area contributed by atoms with Gasteiger partial charge in [0.05, 0.1) is 17.8 Å². The topological polar surface area (TPSA) is 89.0 Å². The van der Waals surface area contributed by atoms with Crippen LogP contribution in [0, 0.1) is 0 Å². The van der Waals surface area contributed by atoms with Gasteiger partial charge in [0.2, 0.25) is 5.91 Å². The number of ether oxygens (including phenoxy) is 2. The summed E-state index contributed by atoms with van der Waals surface area (Å²) >= 11 is 1.35. The molecular formula is C11H14N2O5S. The van der Waals surface area contributed by atoms with Crippen molar-refractivity contribution >= 4 is 23.2 Å². The number of carbonyl (C=O) groups is 2. The highest BCUT2D eigenvalue weighted by Crippen LogP contribution is 2.30. The van der Waals surface area contributed by atoms with E-state index in [2.05, 4.69) is 4.98 Å². The van der Waals surface area contributed by atoms with Crippen LogP contribution in [0.5, 0.6) is 0 Å². The first-order chi connectivity index (χ1) is 9.15. The molecule has 2 rings (SSSR count). The maximum Gasteiger partial charge on any atom is 0.335 e. The van der Waals surface area contributed by atoms with Crippen molar-refractivity contribution in [2.45, 2.75) is 12.1 Å². The van der Waals surface area contributed by atoms with E-state index < -0.39 is 18.1 Å². The Balaban J connectivity index is 2.29. The zero-order chi connectivity index (χ0) is 13.8. The van der Waals surface area contributed by atoms with Crippen LogP contribution in [0.25, 0.3) is 0 Å². The van der Waals surface area contributed by atoms with Crippen molar-refractivity contribution in [3.8, 4) is 0 Å². The van der Waals surface area contributed by atoms with Gasteiger partial charge in [0.15, 0.2) is 6.10 Å². The van der Waals surface area contributed by atoms with Crippen LogP contribution < -0.4 is 0 Å². The Hall–Kier alpha value is -1.51. The number of carboxylic acid groups (broad SMARTS) is 1. The minimum atomic E-state index is -1.10. The molecule has 104 valence electrons. The molecule has 1 fully saturated rings. The number of hydrogen-bond acceptors (Lipinski definition) is 6. The molecule has 0 radical (unpaired) electrons. The van der Waals surface area contributed by atoms with Crippen LogP contribution in [0.1, 0.15) is 11.7 Å². The molecule has 1 amide bonds. The quantitative estimate of drug-likeness (QED) is 0.828. The minimum absolute atomic E-state index is 0.235. The lowest BCUT2D eigenvalue weighted by Gasteiger charge is -2.38. The zero-order valence-corrected chi connectivity index (χ0v) is 11.1. The van der Waals surface area contributed by atoms with Crippen LogP contribution in [0.3, 0.4) is 0 Å². The van der Waals surface area contributed by atoms with Gasteiger partial charge in [-0.3, -0.25) is 4.79 Å². The lowest BCUT2D eigenvalue weighted by atomic mass is 10.0. The summed E-state index contributed by atoms with van der Waals surface area (Å²) in [4.78, 5) is 28.7. The Morgan fingerprint density at radius 2 is 2.53 bits per heavy atom. The van der Waals surface area contributed by atoms with E-state index in [1.165, 1.54) is 23.3 Å². The van der Waals surface area contributed by atoms with Crippen molar-refractivity contribution in [3.05, 3.63) is 16.6 Å². The summed E-state index contributed by atoms with van der Waals surface area (Å²) < 4.78 is 10.1. The highest BCUT2D eigenvalue weighted by molar-refractivity contribution is 7.07. The number of carbonyl (C=O) groups excluding carboxylic acids is 1. The van der Waals surface area contributed by atoms with Gasteiger partial charge in [0.1, 0.15) is 12.6 Å². The first-order valence-corrected chi connectivity index (χ1v) is 6.60. The van der Waals surface area contributed by atoms with Gasteiger partial charge in [-0.05, 0) is 0 Å². The normalized spacial score (nSPS) is 23.6. The van der Waals surface area contributed by atoms with Gasteiger partial charge in [0.25, 0.3) is 0 Å². The molecule has 0 aromatic carbocycles. The number of hydrogen-bond donors (Lipinski definition) is 1. The molecule has 2 atom stereocenters. The summed E-state index contributed by atoms with van der Waals surface area (Å²) in [5.41, 5.74) is 2.13.